The summed E-state index contributed by atoms with van der Waals surface area (Å²) in [7, 11) is -2.02. The highest BCUT2D eigenvalue weighted by atomic mass is 32.2. The Hall–Kier alpha value is -1.12. The van der Waals surface area contributed by atoms with Crippen LogP contribution in [0.3, 0.4) is 0 Å². The molecule has 2 heterocycles. The van der Waals surface area contributed by atoms with Gasteiger partial charge in [0.1, 0.15) is 4.90 Å². The highest BCUT2D eigenvalue weighted by Gasteiger charge is 2.44. The number of aromatic nitrogens is 2. The molecule has 0 atom stereocenters. The van der Waals surface area contributed by atoms with Crippen LogP contribution < -0.4 is 5.73 Å². The summed E-state index contributed by atoms with van der Waals surface area (Å²) in [5.41, 5.74) is 4.57. The molecule has 1 aromatic heterocycles. The summed E-state index contributed by atoms with van der Waals surface area (Å²) in [6.45, 7) is 1.76. The third-order valence-electron chi connectivity index (χ3n) is 2.47. The first-order valence-electron chi connectivity index (χ1n) is 4.74. The van der Waals surface area contributed by atoms with Crippen LogP contribution in [0.2, 0.25) is 0 Å². The first-order chi connectivity index (χ1) is 7.22. The molecule has 0 radical (unpaired) electrons. The van der Waals surface area contributed by atoms with Gasteiger partial charge in [-0.3, -0.25) is 4.68 Å². The Balaban J connectivity index is 2.31. The molecule has 1 aliphatic rings. The first kappa shape index (κ1) is 11.4. The molecule has 0 spiro atoms. The molecule has 0 amide bonds. The van der Waals surface area contributed by atoms with Crippen molar-refractivity contribution < 1.29 is 13.5 Å². The first-order valence-corrected chi connectivity index (χ1v) is 6.18. The van der Waals surface area contributed by atoms with Crippen molar-refractivity contribution in [2.24, 2.45) is 7.05 Å². The van der Waals surface area contributed by atoms with E-state index in [-0.39, 0.29) is 23.8 Å². The number of nitrogens with two attached hydrogens (primary N) is 1. The maximum Gasteiger partial charge on any atom is 0.248 e. The number of nitrogen functional groups attached to an aromatic ring is 1. The van der Waals surface area contributed by atoms with Crippen LogP contribution in [-0.4, -0.2) is 46.3 Å². The molecule has 0 unspecified atom stereocenters. The third kappa shape index (κ3) is 1.68. The van der Waals surface area contributed by atoms with Crippen molar-refractivity contribution in [3.8, 4) is 0 Å². The molecule has 1 saturated heterocycles. The van der Waals surface area contributed by atoms with Crippen LogP contribution in [-0.2, 0) is 17.1 Å². The van der Waals surface area contributed by atoms with Crippen LogP contribution in [0.4, 0.5) is 5.82 Å². The number of aliphatic hydroxyl groups is 1. The van der Waals surface area contributed by atoms with E-state index in [2.05, 4.69) is 5.10 Å². The van der Waals surface area contributed by atoms with E-state index < -0.39 is 15.6 Å². The molecule has 2 rings (SSSR count). The number of anilines is 1. The Bertz CT molecular complexity index is 511. The summed E-state index contributed by atoms with van der Waals surface area (Å²) in [6, 6.07) is 0. The van der Waals surface area contributed by atoms with E-state index in [4.69, 9.17) is 5.73 Å². The van der Waals surface area contributed by atoms with Gasteiger partial charge < -0.3 is 10.8 Å². The van der Waals surface area contributed by atoms with E-state index >= 15 is 0 Å². The molecule has 0 bridgehead atoms. The summed E-state index contributed by atoms with van der Waals surface area (Å²) in [4.78, 5) is -0.00880. The Labute approximate surface area is 93.5 Å². The molecule has 90 valence electrons. The Morgan fingerprint density at radius 1 is 1.56 bits per heavy atom. The number of nitrogens with zero attached hydrogens (tertiary/aromatic N) is 3. The minimum absolute atomic E-state index is 0.00880. The normalized spacial score (nSPS) is 20.7. The number of β-amino-alcohol motifs (C(OH)–C–C–N with tert-alkyl or cyclic N) is 1. The van der Waals surface area contributed by atoms with Crippen LogP contribution in [0.25, 0.3) is 0 Å². The second-order valence-electron chi connectivity index (χ2n) is 4.32. The monoisotopic (exact) mass is 246 g/mol. The second kappa shape index (κ2) is 3.19. The van der Waals surface area contributed by atoms with Gasteiger partial charge in [0.05, 0.1) is 5.60 Å². The predicted octanol–water partition coefficient (Wildman–Crippen LogP) is -1.24. The van der Waals surface area contributed by atoms with E-state index in [0.717, 1.165) is 0 Å². The van der Waals surface area contributed by atoms with Crippen LogP contribution in [0.15, 0.2) is 11.1 Å². The molecular weight excluding hydrogens is 232 g/mol. The summed E-state index contributed by atoms with van der Waals surface area (Å²) in [5.74, 6) is -0.0194. The van der Waals surface area contributed by atoms with Gasteiger partial charge in [0.25, 0.3) is 0 Å². The van der Waals surface area contributed by atoms with Crippen molar-refractivity contribution in [1.82, 2.24) is 14.1 Å². The van der Waals surface area contributed by atoms with E-state index in [9.17, 15) is 13.5 Å². The van der Waals surface area contributed by atoms with Crippen molar-refractivity contribution >= 4 is 15.8 Å². The smallest absolute Gasteiger partial charge is 0.248 e. The Kier molecular flexibility index (Phi) is 2.26. The zero-order valence-corrected chi connectivity index (χ0v) is 9.90. The second-order valence-corrected chi connectivity index (χ2v) is 6.23. The predicted molar refractivity (Wildman–Crippen MR) is 57.0 cm³/mol. The quantitative estimate of drug-likeness (QED) is 0.679. The fraction of sp³-hybridized carbons (Fsp3) is 0.625. The van der Waals surface area contributed by atoms with Gasteiger partial charge >= 0.3 is 0 Å². The van der Waals surface area contributed by atoms with Crippen molar-refractivity contribution in [1.29, 1.82) is 0 Å². The molecule has 0 saturated carbocycles. The van der Waals surface area contributed by atoms with Crippen molar-refractivity contribution in [3.63, 3.8) is 0 Å². The Morgan fingerprint density at radius 3 is 2.50 bits per heavy atom. The fourth-order valence-electron chi connectivity index (χ4n) is 1.71. The third-order valence-corrected chi connectivity index (χ3v) is 4.28. The van der Waals surface area contributed by atoms with E-state index in [1.165, 1.54) is 15.2 Å². The lowest BCUT2D eigenvalue weighted by Crippen LogP contribution is -2.61. The molecular formula is C8H14N4O3S. The van der Waals surface area contributed by atoms with E-state index in [1.807, 2.05) is 0 Å². The number of hydrogen-bond donors (Lipinski definition) is 2. The van der Waals surface area contributed by atoms with Crippen LogP contribution >= 0.6 is 0 Å². The van der Waals surface area contributed by atoms with Crippen LogP contribution in [0.1, 0.15) is 6.92 Å². The van der Waals surface area contributed by atoms with E-state index in [1.54, 1.807) is 14.0 Å². The highest BCUT2D eigenvalue weighted by molar-refractivity contribution is 7.89. The molecule has 1 aromatic rings. The van der Waals surface area contributed by atoms with Crippen LogP contribution in [0.5, 0.6) is 0 Å². The number of hydrogen-bond acceptors (Lipinski definition) is 5. The lowest BCUT2D eigenvalue weighted by atomic mass is 10.0. The molecule has 7 nitrogen and oxygen atoms in total. The standard InChI is InChI=1S/C8H14N4O3S/c1-8(13)4-12(5-8)16(14,15)6-3-11(2)10-7(6)9/h3,13H,4-5H2,1-2H3,(H2,9,10). The zero-order chi connectivity index (χ0) is 12.1. The number of sulfonamides is 1. The summed E-state index contributed by atoms with van der Waals surface area (Å²) >= 11 is 0. The topological polar surface area (TPSA) is 101 Å². The van der Waals surface area contributed by atoms with Gasteiger partial charge in [0, 0.05) is 26.3 Å². The molecule has 1 aliphatic heterocycles. The lowest BCUT2D eigenvalue weighted by Gasteiger charge is -2.42. The average Bonchev–Trinajstić information content (AvgIpc) is 2.41. The minimum atomic E-state index is -3.62. The van der Waals surface area contributed by atoms with Crippen molar-refractivity contribution in [2.75, 3.05) is 18.8 Å². The largest absolute Gasteiger partial charge is 0.387 e. The maximum absolute atomic E-state index is 12.0. The van der Waals surface area contributed by atoms with Gasteiger partial charge in [0.15, 0.2) is 5.82 Å². The van der Waals surface area contributed by atoms with Gasteiger partial charge in [0.2, 0.25) is 10.0 Å². The summed E-state index contributed by atoms with van der Waals surface area (Å²) < 4.78 is 26.6. The zero-order valence-electron chi connectivity index (χ0n) is 9.08. The average molecular weight is 246 g/mol. The molecule has 3 N–H and O–H groups in total. The minimum Gasteiger partial charge on any atom is -0.387 e. The molecule has 0 aromatic carbocycles. The summed E-state index contributed by atoms with van der Waals surface area (Å²) in [6.07, 6.45) is 1.36. The molecule has 8 heteroatoms. The van der Waals surface area contributed by atoms with Gasteiger partial charge in [-0.1, -0.05) is 0 Å². The van der Waals surface area contributed by atoms with Crippen molar-refractivity contribution in [2.45, 2.75) is 17.4 Å². The SMILES string of the molecule is Cn1cc(S(=O)(=O)N2CC(C)(O)C2)c(N)n1. The number of rotatable bonds is 2. The highest BCUT2D eigenvalue weighted by Crippen LogP contribution is 2.29. The van der Waals surface area contributed by atoms with Gasteiger partial charge in [-0.2, -0.15) is 9.40 Å². The molecule has 1 fully saturated rings. The van der Waals surface area contributed by atoms with Gasteiger partial charge in [-0.15, -0.1) is 0 Å². The van der Waals surface area contributed by atoms with Gasteiger partial charge in [-0.25, -0.2) is 8.42 Å². The van der Waals surface area contributed by atoms with E-state index in [0.29, 0.717) is 0 Å². The summed E-state index contributed by atoms with van der Waals surface area (Å²) in [5, 5.41) is 13.3. The molecule has 16 heavy (non-hydrogen) atoms. The van der Waals surface area contributed by atoms with Gasteiger partial charge in [-0.05, 0) is 6.92 Å². The van der Waals surface area contributed by atoms with Crippen LogP contribution in [0, 0.1) is 0 Å². The Morgan fingerprint density at radius 2 is 2.12 bits per heavy atom. The maximum atomic E-state index is 12.0. The fourth-order valence-corrected chi connectivity index (χ4v) is 3.47. The molecule has 0 aliphatic carbocycles. The number of aryl methyl sites for hydroxylation is 1. The lowest BCUT2D eigenvalue weighted by molar-refractivity contribution is -0.0426. The van der Waals surface area contributed by atoms with Crippen molar-refractivity contribution in [3.05, 3.63) is 6.20 Å².